The minimum absolute atomic E-state index is 0.0263. The lowest BCUT2D eigenvalue weighted by molar-refractivity contribution is -0.149. The van der Waals surface area contributed by atoms with Gasteiger partial charge in [0, 0.05) is 42.2 Å². The van der Waals surface area contributed by atoms with E-state index in [1.165, 1.54) is 21.8 Å². The molecule has 2 aliphatic carbocycles. The molecule has 1 aromatic carbocycles. The van der Waals surface area contributed by atoms with Crippen LogP contribution < -0.4 is 0 Å². The number of carbonyl (C=O) groups is 1. The highest BCUT2D eigenvalue weighted by Crippen LogP contribution is 2.34. The summed E-state index contributed by atoms with van der Waals surface area (Å²) >= 11 is 0. The first-order valence-electron chi connectivity index (χ1n) is 10.4. The highest BCUT2D eigenvalue weighted by molar-refractivity contribution is 6.08. The molecule has 152 valence electrons. The molecule has 2 heterocycles. The zero-order valence-electron chi connectivity index (χ0n) is 16.9. The van der Waals surface area contributed by atoms with E-state index in [2.05, 4.69) is 53.0 Å². The van der Waals surface area contributed by atoms with Crippen molar-refractivity contribution in [3.8, 4) is 0 Å². The van der Waals surface area contributed by atoms with Crippen LogP contribution in [0.2, 0.25) is 0 Å². The van der Waals surface area contributed by atoms with Crippen molar-refractivity contribution in [2.45, 2.75) is 31.8 Å². The van der Waals surface area contributed by atoms with Gasteiger partial charge < -0.3 is 14.4 Å². The van der Waals surface area contributed by atoms with Crippen molar-refractivity contribution in [3.05, 3.63) is 72.3 Å². The van der Waals surface area contributed by atoms with Crippen LogP contribution in [0, 0.1) is 5.92 Å². The Balaban J connectivity index is 1.43. The van der Waals surface area contributed by atoms with E-state index >= 15 is 0 Å². The van der Waals surface area contributed by atoms with Gasteiger partial charge in [-0.05, 0) is 48.6 Å². The van der Waals surface area contributed by atoms with E-state index in [1.54, 1.807) is 0 Å². The Morgan fingerprint density at radius 1 is 1.17 bits per heavy atom. The fraction of sp³-hybridized carbons (Fsp3) is 0.280. The summed E-state index contributed by atoms with van der Waals surface area (Å²) in [7, 11) is 2.09. The number of aryl methyl sites for hydroxylation is 1. The molecule has 0 radical (unpaired) electrons. The summed E-state index contributed by atoms with van der Waals surface area (Å²) in [5.74, 6) is -0.0357. The molecule has 0 saturated heterocycles. The summed E-state index contributed by atoms with van der Waals surface area (Å²) < 4.78 is 8.28. The Kier molecular flexibility index (Phi) is 4.66. The van der Waals surface area contributed by atoms with Crippen molar-refractivity contribution in [3.63, 3.8) is 0 Å². The Labute approximate surface area is 175 Å². The van der Waals surface area contributed by atoms with Crippen LogP contribution in [0.25, 0.3) is 27.4 Å². The molecule has 0 amide bonds. The van der Waals surface area contributed by atoms with Gasteiger partial charge in [0.25, 0.3) is 0 Å². The quantitative estimate of drug-likeness (QED) is 0.652. The second-order valence-electron chi connectivity index (χ2n) is 8.13. The molecule has 0 atom stereocenters. The van der Waals surface area contributed by atoms with Crippen LogP contribution in [-0.2, 0) is 16.6 Å². The van der Waals surface area contributed by atoms with E-state index in [9.17, 15) is 4.79 Å². The van der Waals surface area contributed by atoms with Gasteiger partial charge >= 0.3 is 5.97 Å². The Bertz CT molecular complexity index is 1230. The molecule has 1 saturated carbocycles. The van der Waals surface area contributed by atoms with E-state index in [4.69, 9.17) is 9.84 Å². The third-order valence-corrected chi connectivity index (χ3v) is 6.21. The van der Waals surface area contributed by atoms with Gasteiger partial charge in [-0.25, -0.2) is 0 Å². The first kappa shape index (κ1) is 18.7. The molecular weight excluding hydrogens is 376 g/mol. The fourth-order valence-electron chi connectivity index (χ4n) is 4.36. The number of pyridine rings is 1. The SMILES string of the molecule is Cn1c2ccncc2c2ccc(C3=C/C=C(/OC4CC(C(=O)O)C4)CC/C=C\3)cc21. The van der Waals surface area contributed by atoms with Crippen LogP contribution in [0.4, 0.5) is 0 Å². The van der Waals surface area contributed by atoms with Crippen LogP contribution in [0.5, 0.6) is 0 Å². The van der Waals surface area contributed by atoms with Crippen molar-refractivity contribution < 1.29 is 14.6 Å². The molecule has 3 aromatic rings. The third-order valence-electron chi connectivity index (χ3n) is 6.21. The summed E-state index contributed by atoms with van der Waals surface area (Å²) in [5.41, 5.74) is 4.65. The van der Waals surface area contributed by atoms with Crippen molar-refractivity contribution in [1.82, 2.24) is 9.55 Å². The lowest BCUT2D eigenvalue weighted by atomic mass is 9.82. The van der Waals surface area contributed by atoms with Crippen LogP contribution in [-0.4, -0.2) is 26.7 Å². The lowest BCUT2D eigenvalue weighted by Gasteiger charge is -2.33. The van der Waals surface area contributed by atoms with Crippen LogP contribution in [0.15, 0.2) is 66.7 Å². The van der Waals surface area contributed by atoms with Crippen molar-refractivity contribution >= 4 is 33.3 Å². The molecule has 5 heteroatoms. The normalized spacial score (nSPS) is 26.0. The first-order chi connectivity index (χ1) is 14.6. The van der Waals surface area contributed by atoms with E-state index in [0.717, 1.165) is 29.7 Å². The van der Waals surface area contributed by atoms with E-state index in [0.29, 0.717) is 12.8 Å². The van der Waals surface area contributed by atoms with Crippen molar-refractivity contribution in [1.29, 1.82) is 0 Å². The minimum Gasteiger partial charge on any atom is -0.495 e. The van der Waals surface area contributed by atoms with Crippen LogP contribution >= 0.6 is 0 Å². The number of nitrogens with zero attached hydrogens (tertiary/aromatic N) is 2. The number of carboxylic acids is 1. The molecule has 0 unspecified atom stereocenters. The molecule has 0 spiro atoms. The molecule has 0 aliphatic heterocycles. The first-order valence-corrected chi connectivity index (χ1v) is 10.4. The molecule has 30 heavy (non-hydrogen) atoms. The van der Waals surface area contributed by atoms with Gasteiger partial charge in [-0.3, -0.25) is 9.78 Å². The fourth-order valence-corrected chi connectivity index (χ4v) is 4.36. The molecule has 2 aliphatic rings. The summed E-state index contributed by atoms with van der Waals surface area (Å²) in [6.45, 7) is 0. The molecule has 5 rings (SSSR count). The molecule has 2 aromatic heterocycles. The van der Waals surface area contributed by atoms with E-state index in [1.807, 2.05) is 24.5 Å². The number of aromatic nitrogens is 2. The van der Waals surface area contributed by atoms with Crippen LogP contribution in [0.1, 0.15) is 31.2 Å². The number of carboxylic acid groups (broad SMARTS) is 1. The Morgan fingerprint density at radius 2 is 2.03 bits per heavy atom. The maximum Gasteiger partial charge on any atom is 0.306 e. The summed E-state index contributed by atoms with van der Waals surface area (Å²) in [5, 5.41) is 11.4. The highest BCUT2D eigenvalue weighted by atomic mass is 16.5. The second kappa shape index (κ2) is 7.48. The standard InChI is InChI=1S/C25H24N2O3/c1-27-23-10-11-26-15-22(23)21-9-7-17(14-24(21)27)16-4-2-3-5-19(8-6-16)30-20-12-18(13-20)25(28)29/h2,4,6-11,14-15,18,20H,3,5,12-13H2,1H3,(H,28,29)/b4-2-,16-6+,19-8+. The van der Waals surface area contributed by atoms with Gasteiger partial charge in [0.1, 0.15) is 0 Å². The monoisotopic (exact) mass is 400 g/mol. The molecule has 0 bridgehead atoms. The predicted molar refractivity (Wildman–Crippen MR) is 118 cm³/mol. The molecule has 5 nitrogen and oxygen atoms in total. The Morgan fingerprint density at radius 3 is 2.87 bits per heavy atom. The second-order valence-corrected chi connectivity index (χ2v) is 8.13. The number of fused-ring (bicyclic) bond motifs is 3. The average Bonchev–Trinajstić information content (AvgIpc) is 2.98. The number of benzene rings is 1. The number of ether oxygens (including phenoxy) is 1. The van der Waals surface area contributed by atoms with E-state index in [-0.39, 0.29) is 12.0 Å². The number of hydrogen-bond donors (Lipinski definition) is 1. The lowest BCUT2D eigenvalue weighted by Crippen LogP contribution is -2.36. The van der Waals surface area contributed by atoms with Crippen molar-refractivity contribution in [2.75, 3.05) is 0 Å². The predicted octanol–water partition coefficient (Wildman–Crippen LogP) is 5.22. The number of aliphatic carboxylic acids is 1. The van der Waals surface area contributed by atoms with Gasteiger partial charge in [-0.1, -0.05) is 30.4 Å². The maximum atomic E-state index is 11.0. The zero-order valence-corrected chi connectivity index (χ0v) is 16.9. The number of rotatable bonds is 4. The molecular formula is C25H24N2O3. The Hall–Kier alpha value is -3.34. The highest BCUT2D eigenvalue weighted by Gasteiger charge is 2.36. The zero-order chi connectivity index (χ0) is 20.7. The van der Waals surface area contributed by atoms with Crippen molar-refractivity contribution in [2.24, 2.45) is 13.0 Å². The molecule has 1 N–H and O–H groups in total. The minimum atomic E-state index is -0.717. The van der Waals surface area contributed by atoms with E-state index < -0.39 is 5.97 Å². The molecule has 1 fully saturated rings. The summed E-state index contributed by atoms with van der Waals surface area (Å²) in [6, 6.07) is 8.60. The van der Waals surface area contributed by atoms with Gasteiger partial charge in [0.05, 0.1) is 23.3 Å². The van der Waals surface area contributed by atoms with Gasteiger partial charge in [0.15, 0.2) is 0 Å². The topological polar surface area (TPSA) is 64.4 Å². The van der Waals surface area contributed by atoms with Crippen LogP contribution in [0.3, 0.4) is 0 Å². The maximum absolute atomic E-state index is 11.0. The van der Waals surface area contributed by atoms with Gasteiger partial charge in [-0.2, -0.15) is 0 Å². The van der Waals surface area contributed by atoms with Gasteiger partial charge in [0.2, 0.25) is 0 Å². The summed E-state index contributed by atoms with van der Waals surface area (Å²) in [4.78, 5) is 15.3. The third kappa shape index (κ3) is 3.30. The number of hydrogen-bond acceptors (Lipinski definition) is 3. The largest absolute Gasteiger partial charge is 0.495 e. The number of allylic oxidation sites excluding steroid dienone is 6. The summed E-state index contributed by atoms with van der Waals surface area (Å²) in [6.07, 6.45) is 15.2. The smallest absolute Gasteiger partial charge is 0.306 e. The van der Waals surface area contributed by atoms with Gasteiger partial charge in [-0.15, -0.1) is 0 Å². The average molecular weight is 400 g/mol.